The number of carbonyl (C=O) groups is 1. The van der Waals surface area contributed by atoms with Crippen LogP contribution in [0, 0.1) is 17.8 Å². The molecule has 1 heterocycles. The van der Waals surface area contributed by atoms with E-state index in [4.69, 9.17) is 4.74 Å². The maximum Gasteiger partial charge on any atom is 0.410 e. The maximum atomic E-state index is 12.0. The average Bonchev–Trinajstić information content (AvgIpc) is 2.38. The van der Waals surface area contributed by atoms with Crippen molar-refractivity contribution < 1.29 is 14.6 Å². The second-order valence-electron chi connectivity index (χ2n) is 6.67. The molecular weight excluding hydrogens is 230 g/mol. The number of likely N-dealkylation sites (tertiary alicyclic amines) is 1. The zero-order valence-electron chi connectivity index (χ0n) is 11.7. The molecule has 2 fully saturated rings. The molecule has 0 bridgehead atoms. The summed E-state index contributed by atoms with van der Waals surface area (Å²) in [4.78, 5) is 13.9. The van der Waals surface area contributed by atoms with Gasteiger partial charge >= 0.3 is 6.09 Å². The van der Waals surface area contributed by atoms with Crippen LogP contribution in [0.5, 0.6) is 0 Å². The molecule has 1 aliphatic carbocycles. The molecule has 0 aromatic carbocycles. The van der Waals surface area contributed by atoms with Crippen molar-refractivity contribution in [2.75, 3.05) is 19.7 Å². The number of hydrogen-bond acceptors (Lipinski definition) is 3. The minimum atomic E-state index is -0.421. The third-order valence-electron chi connectivity index (χ3n) is 4.12. The Morgan fingerprint density at radius 2 is 2.17 bits per heavy atom. The molecule has 0 spiro atoms. The van der Waals surface area contributed by atoms with Crippen molar-refractivity contribution in [1.29, 1.82) is 0 Å². The van der Waals surface area contributed by atoms with E-state index in [0.717, 1.165) is 32.4 Å². The van der Waals surface area contributed by atoms with Gasteiger partial charge < -0.3 is 14.7 Å². The molecule has 0 aromatic heterocycles. The van der Waals surface area contributed by atoms with Gasteiger partial charge in [-0.15, -0.1) is 0 Å². The number of aliphatic hydroxyl groups is 1. The molecule has 2 rings (SSSR count). The van der Waals surface area contributed by atoms with Crippen molar-refractivity contribution in [3.63, 3.8) is 0 Å². The van der Waals surface area contributed by atoms with Crippen molar-refractivity contribution in [2.45, 2.75) is 45.6 Å². The number of fused-ring (bicyclic) bond motifs is 1. The van der Waals surface area contributed by atoms with E-state index >= 15 is 0 Å². The number of ether oxygens (including phenoxy) is 1. The van der Waals surface area contributed by atoms with E-state index in [-0.39, 0.29) is 6.09 Å². The lowest BCUT2D eigenvalue weighted by Gasteiger charge is -2.44. The zero-order chi connectivity index (χ0) is 13.3. The summed E-state index contributed by atoms with van der Waals surface area (Å²) in [5.74, 6) is 1.65. The van der Waals surface area contributed by atoms with Gasteiger partial charge in [0.25, 0.3) is 0 Å². The van der Waals surface area contributed by atoms with Gasteiger partial charge in [0, 0.05) is 19.7 Å². The van der Waals surface area contributed by atoms with Crippen LogP contribution >= 0.6 is 0 Å². The van der Waals surface area contributed by atoms with E-state index in [1.165, 1.54) is 0 Å². The number of carbonyl (C=O) groups excluding carboxylic acids is 1. The Bertz CT molecular complexity index is 311. The fourth-order valence-electron chi connectivity index (χ4n) is 3.20. The lowest BCUT2D eigenvalue weighted by atomic mass is 9.63. The molecule has 4 heteroatoms. The molecule has 3 unspecified atom stereocenters. The Morgan fingerprint density at radius 3 is 2.78 bits per heavy atom. The summed E-state index contributed by atoms with van der Waals surface area (Å²) in [6, 6.07) is 0. The van der Waals surface area contributed by atoms with Gasteiger partial charge in [-0.25, -0.2) is 4.79 Å². The van der Waals surface area contributed by atoms with E-state index in [0.29, 0.717) is 24.4 Å². The Morgan fingerprint density at radius 1 is 1.44 bits per heavy atom. The normalized spacial score (nSPS) is 32.2. The summed E-state index contributed by atoms with van der Waals surface area (Å²) in [6.07, 6.45) is 3.03. The highest BCUT2D eigenvalue weighted by Crippen LogP contribution is 2.45. The number of rotatable bonds is 1. The van der Waals surface area contributed by atoms with Crippen LogP contribution in [0.25, 0.3) is 0 Å². The van der Waals surface area contributed by atoms with Crippen LogP contribution in [0.3, 0.4) is 0 Å². The molecule has 1 amide bonds. The highest BCUT2D eigenvalue weighted by atomic mass is 16.6. The van der Waals surface area contributed by atoms with Crippen molar-refractivity contribution in [1.82, 2.24) is 4.90 Å². The highest BCUT2D eigenvalue weighted by Gasteiger charge is 2.43. The first-order valence-electron chi connectivity index (χ1n) is 6.99. The smallest absolute Gasteiger partial charge is 0.410 e. The SMILES string of the molecule is CC(C)(C)OC(=O)N1CCCC2C(CO)CC2C1. The summed E-state index contributed by atoms with van der Waals surface area (Å²) < 4.78 is 5.43. The molecule has 1 N–H and O–H groups in total. The highest BCUT2D eigenvalue weighted by molar-refractivity contribution is 5.68. The number of nitrogens with zero attached hydrogens (tertiary/aromatic N) is 1. The van der Waals surface area contributed by atoms with E-state index in [9.17, 15) is 9.90 Å². The van der Waals surface area contributed by atoms with E-state index in [1.807, 2.05) is 25.7 Å². The summed E-state index contributed by atoms with van der Waals surface area (Å²) >= 11 is 0. The lowest BCUT2D eigenvalue weighted by Crippen LogP contribution is -2.45. The van der Waals surface area contributed by atoms with Gasteiger partial charge in [0.15, 0.2) is 0 Å². The zero-order valence-corrected chi connectivity index (χ0v) is 11.7. The second-order valence-corrected chi connectivity index (χ2v) is 6.67. The molecule has 1 saturated carbocycles. The number of aliphatic hydroxyl groups excluding tert-OH is 1. The fourth-order valence-corrected chi connectivity index (χ4v) is 3.20. The molecule has 2 aliphatic rings. The molecule has 3 atom stereocenters. The third kappa shape index (κ3) is 2.97. The van der Waals surface area contributed by atoms with Gasteiger partial charge in [0.1, 0.15) is 5.60 Å². The summed E-state index contributed by atoms with van der Waals surface area (Å²) in [7, 11) is 0. The van der Waals surface area contributed by atoms with Crippen LogP contribution in [-0.2, 0) is 4.74 Å². The fraction of sp³-hybridized carbons (Fsp3) is 0.929. The molecule has 4 nitrogen and oxygen atoms in total. The third-order valence-corrected chi connectivity index (χ3v) is 4.12. The molecule has 1 saturated heterocycles. The lowest BCUT2D eigenvalue weighted by molar-refractivity contribution is -0.00256. The summed E-state index contributed by atoms with van der Waals surface area (Å²) in [5, 5.41) is 9.24. The first-order valence-corrected chi connectivity index (χ1v) is 6.99. The van der Waals surface area contributed by atoms with Crippen LogP contribution in [-0.4, -0.2) is 41.4 Å². The first-order chi connectivity index (χ1) is 8.40. The number of hydrogen-bond donors (Lipinski definition) is 1. The molecule has 0 aromatic rings. The quantitative estimate of drug-likeness (QED) is 0.782. The van der Waals surface area contributed by atoms with Gasteiger partial charge in [0.2, 0.25) is 0 Å². The largest absolute Gasteiger partial charge is 0.444 e. The standard InChI is InChI=1S/C14H25NO3/c1-14(2,3)18-13(17)15-6-4-5-12-10(8-15)7-11(12)9-16/h10-12,16H,4-9H2,1-3H3. The Hall–Kier alpha value is -0.770. The van der Waals surface area contributed by atoms with E-state index < -0.39 is 5.60 Å². The topological polar surface area (TPSA) is 49.8 Å². The van der Waals surface area contributed by atoms with Crippen molar-refractivity contribution in [3.05, 3.63) is 0 Å². The van der Waals surface area contributed by atoms with Crippen molar-refractivity contribution in [2.24, 2.45) is 17.8 Å². The Labute approximate surface area is 109 Å². The van der Waals surface area contributed by atoms with Crippen LogP contribution in [0.4, 0.5) is 4.79 Å². The van der Waals surface area contributed by atoms with Gasteiger partial charge in [-0.05, 0) is 57.8 Å². The molecule has 1 aliphatic heterocycles. The Kier molecular flexibility index (Phi) is 3.85. The van der Waals surface area contributed by atoms with Gasteiger partial charge in [0.05, 0.1) is 0 Å². The van der Waals surface area contributed by atoms with Crippen LogP contribution < -0.4 is 0 Å². The van der Waals surface area contributed by atoms with E-state index in [2.05, 4.69) is 0 Å². The first kappa shape index (κ1) is 13.7. The monoisotopic (exact) mass is 255 g/mol. The predicted molar refractivity (Wildman–Crippen MR) is 69.2 cm³/mol. The van der Waals surface area contributed by atoms with Gasteiger partial charge in [-0.1, -0.05) is 0 Å². The number of amides is 1. The van der Waals surface area contributed by atoms with E-state index in [1.54, 1.807) is 0 Å². The summed E-state index contributed by atoms with van der Waals surface area (Å²) in [6.45, 7) is 7.59. The van der Waals surface area contributed by atoms with Crippen LogP contribution in [0.1, 0.15) is 40.0 Å². The Balaban J connectivity index is 1.90. The van der Waals surface area contributed by atoms with Crippen LogP contribution in [0.15, 0.2) is 0 Å². The minimum absolute atomic E-state index is 0.185. The van der Waals surface area contributed by atoms with Crippen molar-refractivity contribution >= 4 is 6.09 Å². The van der Waals surface area contributed by atoms with Gasteiger partial charge in [-0.2, -0.15) is 0 Å². The maximum absolute atomic E-state index is 12.0. The average molecular weight is 255 g/mol. The molecular formula is C14H25NO3. The van der Waals surface area contributed by atoms with Crippen LogP contribution in [0.2, 0.25) is 0 Å². The summed E-state index contributed by atoms with van der Waals surface area (Å²) in [5.41, 5.74) is -0.421. The minimum Gasteiger partial charge on any atom is -0.444 e. The second kappa shape index (κ2) is 5.08. The van der Waals surface area contributed by atoms with Crippen molar-refractivity contribution in [3.8, 4) is 0 Å². The predicted octanol–water partition coefficient (Wildman–Crippen LogP) is 2.26. The molecule has 18 heavy (non-hydrogen) atoms. The molecule has 0 radical (unpaired) electrons. The van der Waals surface area contributed by atoms with Gasteiger partial charge in [-0.3, -0.25) is 0 Å². The molecule has 104 valence electrons.